The molecule has 162 valence electrons. The minimum absolute atomic E-state index is 0.142. The van der Waals surface area contributed by atoms with Gasteiger partial charge in [0, 0.05) is 60.6 Å². The van der Waals surface area contributed by atoms with Crippen LogP contribution in [0.15, 0.2) is 65.8 Å². The van der Waals surface area contributed by atoms with Gasteiger partial charge in [-0.25, -0.2) is 0 Å². The number of amides is 1. The van der Waals surface area contributed by atoms with E-state index in [-0.39, 0.29) is 5.92 Å². The average Bonchev–Trinajstić information content (AvgIpc) is 2.82. The molecular weight excluding hydrogens is 426 g/mol. The van der Waals surface area contributed by atoms with Crippen LogP contribution in [0.2, 0.25) is 5.02 Å². The summed E-state index contributed by atoms with van der Waals surface area (Å²) in [5.74, 6) is 1.43. The van der Waals surface area contributed by atoms with Gasteiger partial charge in [0.1, 0.15) is 0 Å². The molecule has 0 aliphatic carbocycles. The number of hydrogen-bond donors (Lipinski definition) is 0. The third kappa shape index (κ3) is 5.72. The number of nitrogens with zero attached hydrogens (tertiary/aromatic N) is 3. The van der Waals surface area contributed by atoms with Crippen LogP contribution in [-0.2, 0) is 4.79 Å². The number of thioether (sulfide) groups is 1. The van der Waals surface area contributed by atoms with Crippen molar-refractivity contribution in [1.82, 2.24) is 9.88 Å². The molecule has 0 N–H and O–H groups in total. The standard InChI is InChI=1S/C25H28ClN3OS/c1-28(25(30)19-9-14-29(15-10-19)23-7-11-27-12-8-23)13-2-16-31-24-6-4-20-17-22(26)5-3-21(20)18-24/h3-8,11-12,17-19H,2,9-10,13-16H2,1H3. The Labute approximate surface area is 193 Å². The molecule has 1 fully saturated rings. The van der Waals surface area contributed by atoms with E-state index in [9.17, 15) is 4.79 Å². The van der Waals surface area contributed by atoms with Crippen molar-refractivity contribution in [2.45, 2.75) is 24.2 Å². The molecule has 6 heteroatoms. The van der Waals surface area contributed by atoms with E-state index >= 15 is 0 Å². The van der Waals surface area contributed by atoms with Crippen LogP contribution >= 0.6 is 23.4 Å². The van der Waals surface area contributed by atoms with Crippen LogP contribution in [0.25, 0.3) is 10.8 Å². The Kier molecular flexibility index (Phi) is 7.36. The van der Waals surface area contributed by atoms with Crippen LogP contribution in [0.3, 0.4) is 0 Å². The van der Waals surface area contributed by atoms with E-state index in [1.54, 1.807) is 0 Å². The number of benzene rings is 2. The van der Waals surface area contributed by atoms with E-state index in [1.807, 2.05) is 60.4 Å². The highest BCUT2D eigenvalue weighted by Gasteiger charge is 2.27. The number of piperidine rings is 1. The van der Waals surface area contributed by atoms with Crippen molar-refractivity contribution in [3.8, 4) is 0 Å². The second kappa shape index (κ2) is 10.4. The number of pyridine rings is 1. The van der Waals surface area contributed by atoms with E-state index in [2.05, 4.69) is 34.1 Å². The van der Waals surface area contributed by atoms with Crippen molar-refractivity contribution in [2.24, 2.45) is 5.92 Å². The number of hydrogen-bond acceptors (Lipinski definition) is 4. The molecule has 0 unspecified atom stereocenters. The topological polar surface area (TPSA) is 36.4 Å². The molecule has 0 atom stereocenters. The first-order valence-electron chi connectivity index (χ1n) is 10.8. The van der Waals surface area contributed by atoms with E-state index in [1.165, 1.54) is 16.0 Å². The summed E-state index contributed by atoms with van der Waals surface area (Å²) < 4.78 is 0. The predicted molar refractivity (Wildman–Crippen MR) is 131 cm³/mol. The molecule has 2 heterocycles. The Balaban J connectivity index is 1.20. The Hall–Kier alpha value is -2.24. The van der Waals surface area contributed by atoms with Gasteiger partial charge in [0.05, 0.1) is 0 Å². The lowest BCUT2D eigenvalue weighted by Crippen LogP contribution is -2.41. The van der Waals surface area contributed by atoms with Crippen molar-refractivity contribution in [1.29, 1.82) is 0 Å². The lowest BCUT2D eigenvalue weighted by molar-refractivity contribution is -0.134. The molecule has 4 rings (SSSR count). The van der Waals surface area contributed by atoms with Crippen molar-refractivity contribution >= 4 is 45.7 Å². The molecule has 1 saturated heterocycles. The molecule has 1 aromatic heterocycles. The van der Waals surface area contributed by atoms with Gasteiger partial charge in [-0.15, -0.1) is 11.8 Å². The van der Waals surface area contributed by atoms with Gasteiger partial charge in [0.2, 0.25) is 5.91 Å². The molecule has 0 saturated carbocycles. The Bertz CT molecular complexity index is 1020. The zero-order valence-corrected chi connectivity index (χ0v) is 19.4. The molecule has 3 aromatic rings. The van der Waals surface area contributed by atoms with Gasteiger partial charge in [-0.1, -0.05) is 23.7 Å². The van der Waals surface area contributed by atoms with Crippen LogP contribution < -0.4 is 4.90 Å². The molecule has 1 aliphatic heterocycles. The second-order valence-corrected chi connectivity index (χ2v) is 9.69. The van der Waals surface area contributed by atoms with E-state index in [0.29, 0.717) is 5.91 Å². The summed E-state index contributed by atoms with van der Waals surface area (Å²) in [5.41, 5.74) is 1.20. The summed E-state index contributed by atoms with van der Waals surface area (Å²) in [4.78, 5) is 22.5. The molecule has 0 bridgehead atoms. The first kappa shape index (κ1) is 22.0. The number of anilines is 1. The highest BCUT2D eigenvalue weighted by atomic mass is 35.5. The lowest BCUT2D eigenvalue weighted by atomic mass is 9.95. The van der Waals surface area contributed by atoms with Gasteiger partial charge in [-0.3, -0.25) is 9.78 Å². The maximum Gasteiger partial charge on any atom is 0.225 e. The van der Waals surface area contributed by atoms with Crippen LogP contribution in [0.4, 0.5) is 5.69 Å². The first-order valence-corrected chi connectivity index (χ1v) is 12.2. The smallest absolute Gasteiger partial charge is 0.225 e. The van der Waals surface area contributed by atoms with Crippen molar-refractivity contribution in [3.63, 3.8) is 0 Å². The summed E-state index contributed by atoms with van der Waals surface area (Å²) in [6.07, 6.45) is 6.47. The van der Waals surface area contributed by atoms with Gasteiger partial charge < -0.3 is 9.80 Å². The molecule has 0 radical (unpaired) electrons. The fourth-order valence-electron chi connectivity index (χ4n) is 4.14. The highest BCUT2D eigenvalue weighted by Crippen LogP contribution is 2.27. The van der Waals surface area contributed by atoms with E-state index in [4.69, 9.17) is 11.6 Å². The quantitative estimate of drug-likeness (QED) is 0.337. The molecule has 1 aliphatic rings. The van der Waals surface area contributed by atoms with Crippen molar-refractivity contribution < 1.29 is 4.79 Å². The monoisotopic (exact) mass is 453 g/mol. The van der Waals surface area contributed by atoms with Gasteiger partial charge in [-0.2, -0.15) is 0 Å². The molecule has 1 amide bonds. The summed E-state index contributed by atoms with van der Waals surface area (Å²) in [6, 6.07) is 16.5. The average molecular weight is 454 g/mol. The molecule has 0 spiro atoms. The first-order chi connectivity index (χ1) is 15.1. The van der Waals surface area contributed by atoms with Crippen LogP contribution in [0, 0.1) is 5.92 Å². The van der Waals surface area contributed by atoms with E-state index < -0.39 is 0 Å². The maximum absolute atomic E-state index is 12.9. The van der Waals surface area contributed by atoms with Crippen LogP contribution in [0.5, 0.6) is 0 Å². The molecule has 4 nitrogen and oxygen atoms in total. The number of carbonyl (C=O) groups excluding carboxylic acids is 1. The van der Waals surface area contributed by atoms with Crippen molar-refractivity contribution in [2.75, 3.05) is 37.3 Å². The third-order valence-corrected chi connectivity index (χ3v) is 7.24. The van der Waals surface area contributed by atoms with Gasteiger partial charge in [-0.05, 0) is 72.2 Å². The Morgan fingerprint density at radius 3 is 2.58 bits per heavy atom. The van der Waals surface area contributed by atoms with E-state index in [0.717, 1.165) is 55.1 Å². The minimum atomic E-state index is 0.142. The molecule has 2 aromatic carbocycles. The maximum atomic E-state index is 12.9. The van der Waals surface area contributed by atoms with Crippen LogP contribution in [-0.4, -0.2) is 48.2 Å². The normalized spacial score (nSPS) is 14.7. The van der Waals surface area contributed by atoms with Crippen LogP contribution in [0.1, 0.15) is 19.3 Å². The summed E-state index contributed by atoms with van der Waals surface area (Å²) in [6.45, 7) is 2.66. The number of carbonyl (C=O) groups is 1. The minimum Gasteiger partial charge on any atom is -0.371 e. The molecular formula is C25H28ClN3OS. The zero-order chi connectivity index (χ0) is 21.6. The summed E-state index contributed by atoms with van der Waals surface area (Å²) in [5, 5.41) is 3.14. The Morgan fingerprint density at radius 1 is 1.10 bits per heavy atom. The van der Waals surface area contributed by atoms with Gasteiger partial charge in [0.15, 0.2) is 0 Å². The SMILES string of the molecule is CN(CCCSc1ccc2cc(Cl)ccc2c1)C(=O)C1CCN(c2ccncc2)CC1. The number of fused-ring (bicyclic) bond motifs is 1. The fourth-order valence-corrected chi connectivity index (χ4v) is 5.20. The number of halogens is 1. The van der Waals surface area contributed by atoms with Gasteiger partial charge in [0.25, 0.3) is 0 Å². The number of aromatic nitrogens is 1. The third-order valence-electron chi connectivity index (χ3n) is 5.93. The molecule has 31 heavy (non-hydrogen) atoms. The lowest BCUT2D eigenvalue weighted by Gasteiger charge is -2.34. The van der Waals surface area contributed by atoms with Gasteiger partial charge >= 0.3 is 0 Å². The summed E-state index contributed by atoms with van der Waals surface area (Å²) >= 11 is 7.91. The largest absolute Gasteiger partial charge is 0.371 e. The Morgan fingerprint density at radius 2 is 1.81 bits per heavy atom. The fraction of sp³-hybridized carbons (Fsp3) is 0.360. The van der Waals surface area contributed by atoms with Crippen molar-refractivity contribution in [3.05, 3.63) is 65.9 Å². The highest BCUT2D eigenvalue weighted by molar-refractivity contribution is 7.99. The number of rotatable bonds is 7. The zero-order valence-electron chi connectivity index (χ0n) is 17.8. The predicted octanol–water partition coefficient (Wildman–Crippen LogP) is 5.75. The summed E-state index contributed by atoms with van der Waals surface area (Å²) in [7, 11) is 1.95. The second-order valence-electron chi connectivity index (χ2n) is 8.08.